The molecular formula is C9H4BrFINO. The Bertz CT molecular complexity index is 428. The molecule has 0 aromatic heterocycles. The highest BCUT2D eigenvalue weighted by atomic mass is 127. The number of ketones is 1. The third-order valence-electron chi connectivity index (χ3n) is 1.58. The molecule has 0 heterocycles. The number of nitriles is 1. The zero-order chi connectivity index (χ0) is 10.7. The lowest BCUT2D eigenvalue weighted by Gasteiger charge is -2.02. The fourth-order valence-electron chi connectivity index (χ4n) is 0.929. The zero-order valence-corrected chi connectivity index (χ0v) is 10.6. The Kier molecular flexibility index (Phi) is 4.01. The third-order valence-corrected chi connectivity index (χ3v) is 3.18. The minimum Gasteiger partial charge on any atom is -0.293 e. The van der Waals surface area contributed by atoms with Crippen LogP contribution in [0.25, 0.3) is 0 Å². The van der Waals surface area contributed by atoms with Crippen molar-refractivity contribution in [3.63, 3.8) is 0 Å². The molecule has 0 fully saturated rings. The van der Waals surface area contributed by atoms with E-state index < -0.39 is 5.82 Å². The first-order valence-electron chi connectivity index (χ1n) is 3.58. The van der Waals surface area contributed by atoms with Crippen molar-refractivity contribution in [3.05, 3.63) is 32.6 Å². The largest absolute Gasteiger partial charge is 0.293 e. The van der Waals surface area contributed by atoms with Crippen LogP contribution in [-0.4, -0.2) is 11.1 Å². The number of nitrogens with zero attached hydrogens (tertiary/aromatic N) is 1. The molecule has 0 bridgehead atoms. The molecule has 0 amide bonds. The summed E-state index contributed by atoms with van der Waals surface area (Å²) in [6.07, 6.45) is 0. The first kappa shape index (κ1) is 11.6. The number of halogens is 3. The summed E-state index contributed by atoms with van der Waals surface area (Å²) < 4.78 is 13.5. The van der Waals surface area contributed by atoms with Crippen molar-refractivity contribution < 1.29 is 9.18 Å². The second-order valence-electron chi connectivity index (χ2n) is 2.49. The van der Waals surface area contributed by atoms with Gasteiger partial charge in [0.1, 0.15) is 5.82 Å². The minimum atomic E-state index is -0.533. The maximum absolute atomic E-state index is 13.2. The number of Topliss-reactive ketones (excluding diaryl/α,β-unsaturated/α-hetero) is 1. The van der Waals surface area contributed by atoms with Gasteiger partial charge in [-0.3, -0.25) is 4.79 Å². The van der Waals surface area contributed by atoms with Crippen molar-refractivity contribution in [2.45, 2.75) is 0 Å². The van der Waals surface area contributed by atoms with Crippen LogP contribution in [0.1, 0.15) is 15.9 Å². The molecule has 0 N–H and O–H groups in total. The van der Waals surface area contributed by atoms with E-state index in [4.69, 9.17) is 5.26 Å². The SMILES string of the molecule is N#Cc1cc(F)c(I)c(C(=O)CBr)c1. The minimum absolute atomic E-state index is 0.122. The number of carbonyl (C=O) groups is 1. The average molecular weight is 368 g/mol. The van der Waals surface area contributed by atoms with Crippen LogP contribution in [0.3, 0.4) is 0 Å². The Morgan fingerprint density at radius 2 is 2.29 bits per heavy atom. The quantitative estimate of drug-likeness (QED) is 0.458. The highest BCUT2D eigenvalue weighted by Crippen LogP contribution is 2.19. The van der Waals surface area contributed by atoms with E-state index in [2.05, 4.69) is 15.9 Å². The van der Waals surface area contributed by atoms with E-state index >= 15 is 0 Å². The number of hydrogen-bond donors (Lipinski definition) is 0. The lowest BCUT2D eigenvalue weighted by molar-refractivity contribution is 0.102. The number of alkyl halides is 1. The summed E-state index contributed by atoms with van der Waals surface area (Å²) >= 11 is 4.75. The molecule has 0 unspecified atom stereocenters. The molecule has 0 aliphatic carbocycles. The van der Waals surface area contributed by atoms with E-state index in [1.807, 2.05) is 0 Å². The van der Waals surface area contributed by atoms with Gasteiger partial charge in [-0.25, -0.2) is 4.39 Å². The molecule has 14 heavy (non-hydrogen) atoms. The maximum Gasteiger partial charge on any atom is 0.174 e. The summed E-state index contributed by atoms with van der Waals surface area (Å²) in [6, 6.07) is 4.32. The molecule has 0 aliphatic rings. The second kappa shape index (κ2) is 4.84. The van der Waals surface area contributed by atoms with Crippen LogP contribution in [0.5, 0.6) is 0 Å². The van der Waals surface area contributed by atoms with Crippen molar-refractivity contribution in [1.29, 1.82) is 5.26 Å². The van der Waals surface area contributed by atoms with E-state index in [-0.39, 0.29) is 25.8 Å². The lowest BCUT2D eigenvalue weighted by atomic mass is 10.1. The molecule has 1 rings (SSSR count). The molecule has 0 saturated carbocycles. The van der Waals surface area contributed by atoms with E-state index in [9.17, 15) is 9.18 Å². The van der Waals surface area contributed by atoms with Crippen LogP contribution < -0.4 is 0 Å². The van der Waals surface area contributed by atoms with Crippen molar-refractivity contribution >= 4 is 44.3 Å². The van der Waals surface area contributed by atoms with Crippen LogP contribution >= 0.6 is 38.5 Å². The molecule has 0 radical (unpaired) electrons. The fourth-order valence-corrected chi connectivity index (χ4v) is 1.84. The number of benzene rings is 1. The van der Waals surface area contributed by atoms with Gasteiger partial charge in [-0.15, -0.1) is 0 Å². The van der Waals surface area contributed by atoms with Gasteiger partial charge >= 0.3 is 0 Å². The van der Waals surface area contributed by atoms with Crippen molar-refractivity contribution in [3.8, 4) is 6.07 Å². The Hall–Kier alpha value is -0.480. The van der Waals surface area contributed by atoms with Gasteiger partial charge in [0.2, 0.25) is 0 Å². The van der Waals surface area contributed by atoms with Crippen molar-refractivity contribution in [2.24, 2.45) is 0 Å². The predicted molar refractivity (Wildman–Crippen MR) is 62.0 cm³/mol. The van der Waals surface area contributed by atoms with E-state index in [0.29, 0.717) is 0 Å². The van der Waals surface area contributed by atoms with Gasteiger partial charge in [0.15, 0.2) is 5.78 Å². The van der Waals surface area contributed by atoms with Gasteiger partial charge in [0.25, 0.3) is 0 Å². The molecule has 1 aromatic rings. The number of hydrogen-bond acceptors (Lipinski definition) is 2. The van der Waals surface area contributed by atoms with Gasteiger partial charge in [0.05, 0.1) is 20.5 Å². The normalized spacial score (nSPS) is 9.57. The molecule has 0 saturated heterocycles. The van der Waals surface area contributed by atoms with Gasteiger partial charge in [-0.05, 0) is 34.7 Å². The second-order valence-corrected chi connectivity index (χ2v) is 4.13. The average Bonchev–Trinajstić information content (AvgIpc) is 2.20. The van der Waals surface area contributed by atoms with E-state index in [1.54, 1.807) is 28.7 Å². The summed E-state index contributed by atoms with van der Waals surface area (Å²) in [4.78, 5) is 11.3. The van der Waals surface area contributed by atoms with Gasteiger partial charge in [-0.1, -0.05) is 15.9 Å². The van der Waals surface area contributed by atoms with E-state index in [1.165, 1.54) is 6.07 Å². The third kappa shape index (κ3) is 2.30. The highest BCUT2D eigenvalue weighted by molar-refractivity contribution is 14.1. The van der Waals surface area contributed by atoms with Crippen LogP contribution in [-0.2, 0) is 0 Å². The summed E-state index contributed by atoms with van der Waals surface area (Å²) in [6.45, 7) is 0. The highest BCUT2D eigenvalue weighted by Gasteiger charge is 2.13. The smallest absolute Gasteiger partial charge is 0.174 e. The molecular weight excluding hydrogens is 364 g/mol. The van der Waals surface area contributed by atoms with Crippen LogP contribution in [0, 0.1) is 20.7 Å². The zero-order valence-electron chi connectivity index (χ0n) is 6.85. The molecule has 0 atom stereocenters. The molecule has 5 heteroatoms. The van der Waals surface area contributed by atoms with Gasteiger partial charge in [-0.2, -0.15) is 5.26 Å². The predicted octanol–water partition coefficient (Wildman–Crippen LogP) is 2.88. The standard InChI is InChI=1S/C9H4BrFINO/c10-3-8(14)6-1-5(4-13)2-7(11)9(6)12/h1-2H,3H2. The lowest BCUT2D eigenvalue weighted by Crippen LogP contribution is -2.05. The first-order valence-corrected chi connectivity index (χ1v) is 5.78. The van der Waals surface area contributed by atoms with Gasteiger partial charge in [0, 0.05) is 5.56 Å². The summed E-state index contributed by atoms with van der Waals surface area (Å²) in [5, 5.41) is 8.71. The van der Waals surface area contributed by atoms with Crippen molar-refractivity contribution in [2.75, 3.05) is 5.33 Å². The molecule has 0 spiro atoms. The van der Waals surface area contributed by atoms with Crippen molar-refractivity contribution in [1.82, 2.24) is 0 Å². The fraction of sp³-hybridized carbons (Fsp3) is 0.111. The van der Waals surface area contributed by atoms with Crippen LogP contribution in [0.2, 0.25) is 0 Å². The summed E-state index contributed by atoms with van der Waals surface area (Å²) in [5.74, 6) is -0.764. The topological polar surface area (TPSA) is 40.9 Å². The molecule has 1 aromatic carbocycles. The summed E-state index contributed by atoms with van der Waals surface area (Å²) in [7, 11) is 0. The molecule has 72 valence electrons. The van der Waals surface area contributed by atoms with Crippen LogP contribution in [0.15, 0.2) is 12.1 Å². The Morgan fingerprint density at radius 3 is 2.79 bits per heavy atom. The van der Waals surface area contributed by atoms with E-state index in [0.717, 1.165) is 6.07 Å². The van der Waals surface area contributed by atoms with Gasteiger partial charge < -0.3 is 0 Å². The molecule has 0 aliphatic heterocycles. The Balaban J connectivity index is 3.36. The number of carbonyl (C=O) groups excluding carboxylic acids is 1. The van der Waals surface area contributed by atoms with Crippen LogP contribution in [0.4, 0.5) is 4.39 Å². The monoisotopic (exact) mass is 367 g/mol. The molecule has 2 nitrogen and oxygen atoms in total. The Morgan fingerprint density at radius 1 is 1.64 bits per heavy atom. The Labute approximate surface area is 102 Å². The maximum atomic E-state index is 13.2. The summed E-state index contributed by atoms with van der Waals surface area (Å²) in [5.41, 5.74) is 0.409. The number of rotatable bonds is 2. The first-order chi connectivity index (χ1) is 6.60.